The first-order chi connectivity index (χ1) is 11.8. The third-order valence-electron chi connectivity index (χ3n) is 3.50. The Kier molecular flexibility index (Phi) is 5.84. The number of hydrogen-bond donors (Lipinski definition) is 0. The number of carbonyl (C=O) groups is 1. The van der Waals surface area contributed by atoms with Crippen molar-refractivity contribution in [3.8, 4) is 5.75 Å². The third kappa shape index (κ3) is 5.10. The van der Waals surface area contributed by atoms with Crippen LogP contribution in [-0.4, -0.2) is 35.6 Å². The van der Waals surface area contributed by atoms with Crippen LogP contribution in [0, 0.1) is 0 Å². The molecule has 0 unspecified atom stereocenters. The van der Waals surface area contributed by atoms with E-state index in [1.165, 1.54) is 11.9 Å². The molecule has 1 amide bonds. The molecule has 2 rings (SSSR count). The highest BCUT2D eigenvalue weighted by Gasteiger charge is 2.34. The van der Waals surface area contributed by atoms with Crippen LogP contribution in [0.3, 0.4) is 0 Å². The van der Waals surface area contributed by atoms with E-state index in [0.29, 0.717) is 11.8 Å². The molecule has 8 heteroatoms. The van der Waals surface area contributed by atoms with E-state index in [-0.39, 0.29) is 13.2 Å². The lowest BCUT2D eigenvalue weighted by molar-refractivity contribution is -0.139. The van der Waals surface area contributed by atoms with Crippen LogP contribution < -0.4 is 10.3 Å². The largest absolute Gasteiger partial charge is 0.492 e. The summed E-state index contributed by atoms with van der Waals surface area (Å²) < 4.78 is 44.4. The first-order valence-corrected chi connectivity index (χ1v) is 7.47. The van der Waals surface area contributed by atoms with E-state index in [1.807, 2.05) is 18.2 Å². The fourth-order valence-corrected chi connectivity index (χ4v) is 2.09. The van der Waals surface area contributed by atoms with Gasteiger partial charge in [-0.15, -0.1) is 0 Å². The Hall–Kier alpha value is -2.77. The second kappa shape index (κ2) is 7.87. The second-order valence-electron chi connectivity index (χ2n) is 5.33. The zero-order valence-electron chi connectivity index (χ0n) is 13.5. The van der Waals surface area contributed by atoms with Crippen LogP contribution in [0.5, 0.6) is 5.75 Å². The molecule has 0 aliphatic carbocycles. The average Bonchev–Trinajstić information content (AvgIpc) is 2.56. The first kappa shape index (κ1) is 18.6. The number of likely N-dealkylation sites (N-methyl/N-ethyl adjacent to an activating group) is 1. The van der Waals surface area contributed by atoms with Gasteiger partial charge in [-0.25, -0.2) is 0 Å². The maximum Gasteiger partial charge on any atom is 0.421 e. The number of carbonyl (C=O) groups excluding carboxylic acids is 1. The molecule has 0 spiro atoms. The van der Waals surface area contributed by atoms with E-state index >= 15 is 0 Å². The number of amides is 1. The van der Waals surface area contributed by atoms with Crippen molar-refractivity contribution in [1.82, 2.24) is 9.47 Å². The molecular weight excluding hydrogens is 337 g/mol. The quantitative estimate of drug-likeness (QED) is 0.801. The van der Waals surface area contributed by atoms with Crippen molar-refractivity contribution in [1.29, 1.82) is 0 Å². The molecule has 0 aliphatic heterocycles. The molecule has 0 fully saturated rings. The van der Waals surface area contributed by atoms with Gasteiger partial charge in [0.25, 0.3) is 5.56 Å². The number of benzene rings is 1. The van der Waals surface area contributed by atoms with Gasteiger partial charge in [-0.2, -0.15) is 13.2 Å². The average molecular weight is 354 g/mol. The Labute approximate surface area is 142 Å². The Morgan fingerprint density at radius 1 is 1.16 bits per heavy atom. The minimum absolute atomic E-state index is 0.226. The highest BCUT2D eigenvalue weighted by molar-refractivity contribution is 5.75. The van der Waals surface area contributed by atoms with Crippen LogP contribution in [0.25, 0.3) is 0 Å². The van der Waals surface area contributed by atoms with E-state index in [0.717, 1.165) is 16.8 Å². The van der Waals surface area contributed by atoms with Crippen LogP contribution in [0.15, 0.2) is 53.5 Å². The number of para-hydroxylation sites is 1. The Morgan fingerprint density at radius 2 is 1.84 bits per heavy atom. The summed E-state index contributed by atoms with van der Waals surface area (Å²) in [6.07, 6.45) is -3.59. The van der Waals surface area contributed by atoms with Gasteiger partial charge in [0.1, 0.15) is 24.5 Å². The summed E-state index contributed by atoms with van der Waals surface area (Å²) in [6, 6.07) is 10.8. The fourth-order valence-electron chi connectivity index (χ4n) is 2.09. The molecule has 0 radical (unpaired) electrons. The summed E-state index contributed by atoms with van der Waals surface area (Å²) in [4.78, 5) is 25.2. The number of ether oxygens (including phenoxy) is 1. The van der Waals surface area contributed by atoms with E-state index in [9.17, 15) is 22.8 Å². The highest BCUT2D eigenvalue weighted by atomic mass is 19.4. The molecule has 0 bridgehead atoms. The lowest BCUT2D eigenvalue weighted by Crippen LogP contribution is -2.37. The van der Waals surface area contributed by atoms with Gasteiger partial charge >= 0.3 is 6.18 Å². The number of rotatable bonds is 6. The van der Waals surface area contributed by atoms with Crippen LogP contribution in [0.4, 0.5) is 13.2 Å². The van der Waals surface area contributed by atoms with Crippen molar-refractivity contribution < 1.29 is 22.7 Å². The molecule has 25 heavy (non-hydrogen) atoms. The number of aromatic nitrogens is 1. The predicted molar refractivity (Wildman–Crippen MR) is 85.3 cm³/mol. The SMILES string of the molecule is CN(CCOc1ccccc1)C(=O)Cn1cccc(C(F)(F)F)c1=O. The molecule has 1 aromatic heterocycles. The van der Waals surface area contributed by atoms with E-state index < -0.39 is 29.8 Å². The Bertz CT molecular complexity index is 773. The van der Waals surface area contributed by atoms with Crippen molar-refractivity contribution in [3.05, 3.63) is 64.6 Å². The van der Waals surface area contributed by atoms with E-state index in [1.54, 1.807) is 12.1 Å². The zero-order chi connectivity index (χ0) is 18.4. The minimum atomic E-state index is -4.75. The number of alkyl halides is 3. The maximum absolute atomic E-state index is 12.7. The van der Waals surface area contributed by atoms with Crippen molar-refractivity contribution in [2.45, 2.75) is 12.7 Å². The second-order valence-corrected chi connectivity index (χ2v) is 5.33. The summed E-state index contributed by atoms with van der Waals surface area (Å²) in [7, 11) is 1.50. The van der Waals surface area contributed by atoms with Gasteiger partial charge in [0, 0.05) is 13.2 Å². The monoisotopic (exact) mass is 354 g/mol. The molecule has 1 heterocycles. The van der Waals surface area contributed by atoms with Crippen molar-refractivity contribution in [3.63, 3.8) is 0 Å². The van der Waals surface area contributed by atoms with Crippen molar-refractivity contribution in [2.75, 3.05) is 20.2 Å². The smallest absolute Gasteiger partial charge is 0.421 e. The fraction of sp³-hybridized carbons (Fsp3) is 0.294. The summed E-state index contributed by atoms with van der Waals surface area (Å²) >= 11 is 0. The molecule has 0 atom stereocenters. The number of halogens is 3. The summed E-state index contributed by atoms with van der Waals surface area (Å²) in [5.41, 5.74) is -2.53. The van der Waals surface area contributed by atoms with Crippen LogP contribution in [0.1, 0.15) is 5.56 Å². The topological polar surface area (TPSA) is 51.5 Å². The molecule has 0 saturated carbocycles. The van der Waals surface area contributed by atoms with Crippen LogP contribution in [-0.2, 0) is 17.5 Å². The van der Waals surface area contributed by atoms with Crippen LogP contribution >= 0.6 is 0 Å². The molecular formula is C17H17F3N2O3. The molecule has 134 valence electrons. The molecule has 0 aliphatic rings. The van der Waals surface area contributed by atoms with E-state index in [2.05, 4.69) is 0 Å². The highest BCUT2D eigenvalue weighted by Crippen LogP contribution is 2.25. The van der Waals surface area contributed by atoms with E-state index in [4.69, 9.17) is 4.74 Å². The van der Waals surface area contributed by atoms with Crippen molar-refractivity contribution >= 4 is 5.91 Å². The Balaban J connectivity index is 1.94. The minimum Gasteiger partial charge on any atom is -0.492 e. The predicted octanol–water partition coefficient (Wildman–Crippen LogP) is 2.40. The van der Waals surface area contributed by atoms with Gasteiger partial charge in [-0.1, -0.05) is 18.2 Å². The Morgan fingerprint density at radius 3 is 2.48 bits per heavy atom. The normalized spacial score (nSPS) is 11.2. The summed E-state index contributed by atoms with van der Waals surface area (Å²) in [5.74, 6) is 0.163. The molecule has 5 nitrogen and oxygen atoms in total. The maximum atomic E-state index is 12.7. The third-order valence-corrected chi connectivity index (χ3v) is 3.50. The van der Waals surface area contributed by atoms with Gasteiger partial charge < -0.3 is 14.2 Å². The number of nitrogens with zero attached hydrogens (tertiary/aromatic N) is 2. The molecule has 0 saturated heterocycles. The standard InChI is InChI=1S/C17H17F3N2O3/c1-21(10-11-25-13-6-3-2-4-7-13)15(23)12-22-9-5-8-14(16(22)24)17(18,19)20/h2-9H,10-12H2,1H3. The first-order valence-electron chi connectivity index (χ1n) is 7.47. The van der Waals surface area contributed by atoms with Gasteiger partial charge in [-0.3, -0.25) is 9.59 Å². The van der Waals surface area contributed by atoms with Gasteiger partial charge in [-0.05, 0) is 24.3 Å². The lowest BCUT2D eigenvalue weighted by atomic mass is 10.2. The zero-order valence-corrected chi connectivity index (χ0v) is 13.5. The van der Waals surface area contributed by atoms with Crippen molar-refractivity contribution in [2.24, 2.45) is 0 Å². The van der Waals surface area contributed by atoms with Gasteiger partial charge in [0.05, 0.1) is 6.54 Å². The summed E-state index contributed by atoms with van der Waals surface area (Å²) in [6.45, 7) is -0.00419. The number of pyridine rings is 1. The van der Waals surface area contributed by atoms with Gasteiger partial charge in [0.15, 0.2) is 0 Å². The molecule has 1 aromatic carbocycles. The van der Waals surface area contributed by atoms with Crippen LogP contribution in [0.2, 0.25) is 0 Å². The van der Waals surface area contributed by atoms with Gasteiger partial charge in [0.2, 0.25) is 5.91 Å². The summed E-state index contributed by atoms with van der Waals surface area (Å²) in [5, 5.41) is 0. The number of hydrogen-bond acceptors (Lipinski definition) is 3. The lowest BCUT2D eigenvalue weighted by Gasteiger charge is -2.18. The molecule has 0 N–H and O–H groups in total. The molecule has 2 aromatic rings.